The summed E-state index contributed by atoms with van der Waals surface area (Å²) < 4.78 is 80.0. The van der Waals surface area contributed by atoms with E-state index in [4.69, 9.17) is 26.2 Å². The number of likely N-dealkylation sites (tertiary alicyclic amines) is 1. The number of rotatable bonds is 8. The van der Waals surface area contributed by atoms with E-state index in [0.717, 1.165) is 24.3 Å². The summed E-state index contributed by atoms with van der Waals surface area (Å²) in [5.74, 6) is -1.18. The first-order valence-electron chi connectivity index (χ1n) is 11.2. The molecule has 0 spiro atoms. The van der Waals surface area contributed by atoms with Gasteiger partial charge in [-0.1, -0.05) is 11.6 Å². The number of carboxylic acids is 1. The summed E-state index contributed by atoms with van der Waals surface area (Å²) in [4.78, 5) is 12.6. The van der Waals surface area contributed by atoms with Gasteiger partial charge in [0.15, 0.2) is 0 Å². The zero-order chi connectivity index (χ0) is 27.7. The average Bonchev–Trinajstić information content (AvgIpc) is 3.24. The molecule has 3 aromatic rings. The van der Waals surface area contributed by atoms with Crippen molar-refractivity contribution >= 4 is 33.3 Å². The highest BCUT2D eigenvalue weighted by Crippen LogP contribution is 2.39. The number of aromatic carboxylic acids is 1. The number of nitrogens with one attached hydrogen (secondary N) is 1. The molecule has 0 saturated carbocycles. The zero-order valence-electron chi connectivity index (χ0n) is 19.8. The van der Waals surface area contributed by atoms with Crippen molar-refractivity contribution in [1.29, 1.82) is 0 Å². The van der Waals surface area contributed by atoms with Crippen molar-refractivity contribution in [2.45, 2.75) is 23.6 Å². The van der Waals surface area contributed by atoms with E-state index in [1.54, 1.807) is 0 Å². The molecule has 38 heavy (non-hydrogen) atoms. The highest BCUT2D eigenvalue weighted by Gasteiger charge is 2.36. The normalized spacial score (nSPS) is 16.3. The van der Waals surface area contributed by atoms with Crippen molar-refractivity contribution in [3.63, 3.8) is 0 Å². The lowest BCUT2D eigenvalue weighted by atomic mass is 10.1. The van der Waals surface area contributed by atoms with Crippen LogP contribution in [0.3, 0.4) is 0 Å². The molecule has 2 N–H and O–H groups in total. The fraction of sp³-hybridized carbons (Fsp3) is 0.240. The van der Waals surface area contributed by atoms with Gasteiger partial charge in [0.05, 0.1) is 26.7 Å². The third-order valence-electron chi connectivity index (χ3n) is 5.72. The van der Waals surface area contributed by atoms with Gasteiger partial charge in [0.25, 0.3) is 10.0 Å². The minimum absolute atomic E-state index is 0.0584. The first-order chi connectivity index (χ1) is 17.8. The van der Waals surface area contributed by atoms with E-state index in [2.05, 4.69) is 4.72 Å². The number of carboxylic acid groups (broad SMARTS) is 1. The molecule has 4 rings (SSSR count). The largest absolute Gasteiger partial charge is 0.488 e. The van der Waals surface area contributed by atoms with Gasteiger partial charge in [-0.25, -0.2) is 13.2 Å². The monoisotopic (exact) mass is 570 g/mol. The van der Waals surface area contributed by atoms with Crippen LogP contribution in [-0.2, 0) is 16.2 Å². The number of likely N-dealkylation sites (N-methyl/N-ethyl adjacent to an activating group) is 1. The molecule has 0 aromatic heterocycles. The highest BCUT2D eigenvalue weighted by molar-refractivity contribution is 7.92. The standard InChI is InChI=1S/C25H22ClF3N2O6S/c1-31-11-10-18(14-31)37-23-12-16(4-8-20(23)25(27,28)29)30-38(34,35)19-7-9-22(21(26)13-19)36-17-5-2-15(3-6-17)24(32)33/h2-9,12-13,18,30H,10-11,14H2,1H3,(H,32,33)/t18-/m1/s1. The molecular weight excluding hydrogens is 549 g/mol. The Hall–Kier alpha value is -3.48. The van der Waals surface area contributed by atoms with Gasteiger partial charge in [0, 0.05) is 19.2 Å². The number of halogens is 4. The second kappa shape index (κ2) is 10.7. The molecular formula is C25H22ClF3N2O6S. The van der Waals surface area contributed by atoms with Crippen LogP contribution in [0.1, 0.15) is 22.3 Å². The van der Waals surface area contributed by atoms with Gasteiger partial charge in [-0.3, -0.25) is 4.72 Å². The predicted molar refractivity (Wildman–Crippen MR) is 134 cm³/mol. The lowest BCUT2D eigenvalue weighted by Gasteiger charge is -2.19. The Morgan fingerprint density at radius 3 is 2.37 bits per heavy atom. The summed E-state index contributed by atoms with van der Waals surface area (Å²) >= 11 is 6.21. The van der Waals surface area contributed by atoms with Crippen molar-refractivity contribution in [3.05, 3.63) is 76.8 Å². The van der Waals surface area contributed by atoms with Gasteiger partial charge in [-0.2, -0.15) is 13.2 Å². The van der Waals surface area contributed by atoms with Crippen molar-refractivity contribution in [2.24, 2.45) is 0 Å². The molecule has 0 amide bonds. The van der Waals surface area contributed by atoms with Crippen molar-refractivity contribution < 1.29 is 41.0 Å². The van der Waals surface area contributed by atoms with E-state index >= 15 is 0 Å². The minimum atomic E-state index is -4.69. The first-order valence-corrected chi connectivity index (χ1v) is 13.1. The third kappa shape index (κ3) is 6.50. The van der Waals surface area contributed by atoms with Crippen LogP contribution in [0.25, 0.3) is 0 Å². The van der Waals surface area contributed by atoms with Crippen LogP contribution in [-0.4, -0.2) is 50.6 Å². The average molecular weight is 571 g/mol. The Balaban J connectivity index is 1.54. The van der Waals surface area contributed by atoms with E-state index in [0.29, 0.717) is 19.5 Å². The van der Waals surface area contributed by atoms with Crippen LogP contribution in [0.2, 0.25) is 5.02 Å². The van der Waals surface area contributed by atoms with Gasteiger partial charge in [-0.15, -0.1) is 0 Å². The van der Waals surface area contributed by atoms with Crippen LogP contribution < -0.4 is 14.2 Å². The van der Waals surface area contributed by atoms with Gasteiger partial charge < -0.3 is 19.5 Å². The maximum Gasteiger partial charge on any atom is 0.419 e. The van der Waals surface area contributed by atoms with Crippen molar-refractivity contribution in [1.82, 2.24) is 4.90 Å². The van der Waals surface area contributed by atoms with Gasteiger partial charge in [-0.05, 0) is 68.1 Å². The van der Waals surface area contributed by atoms with E-state index in [9.17, 15) is 26.4 Å². The molecule has 0 aliphatic carbocycles. The first kappa shape index (κ1) is 27.6. The summed E-state index contributed by atoms with van der Waals surface area (Å²) in [6.45, 7) is 1.12. The lowest BCUT2D eigenvalue weighted by Crippen LogP contribution is -2.23. The predicted octanol–water partition coefficient (Wildman–Crippen LogP) is 5.73. The Bertz CT molecular complexity index is 1450. The number of hydrogen-bond acceptors (Lipinski definition) is 6. The van der Waals surface area contributed by atoms with E-state index < -0.39 is 39.6 Å². The molecule has 1 atom stereocenters. The van der Waals surface area contributed by atoms with Crippen molar-refractivity contribution in [3.8, 4) is 17.2 Å². The molecule has 202 valence electrons. The van der Waals surface area contributed by atoms with Gasteiger partial charge >= 0.3 is 12.1 Å². The van der Waals surface area contributed by atoms with Crippen LogP contribution in [0.15, 0.2) is 65.6 Å². The van der Waals surface area contributed by atoms with Crippen LogP contribution in [0.4, 0.5) is 18.9 Å². The Morgan fingerprint density at radius 1 is 1.08 bits per heavy atom. The quantitative estimate of drug-likeness (QED) is 0.356. The number of hydrogen-bond donors (Lipinski definition) is 2. The fourth-order valence-corrected chi connectivity index (χ4v) is 5.19. The summed E-state index contributed by atoms with van der Waals surface area (Å²) in [7, 11) is -2.41. The molecule has 1 aliphatic rings. The molecule has 1 saturated heterocycles. The maximum absolute atomic E-state index is 13.5. The van der Waals surface area contributed by atoms with E-state index in [1.165, 1.54) is 36.4 Å². The molecule has 1 aliphatic heterocycles. The lowest BCUT2D eigenvalue weighted by molar-refractivity contribution is -0.139. The van der Waals surface area contributed by atoms with Gasteiger partial charge in [0.1, 0.15) is 23.4 Å². The minimum Gasteiger partial charge on any atom is -0.488 e. The van der Waals surface area contributed by atoms with Crippen LogP contribution in [0.5, 0.6) is 17.2 Å². The number of nitrogens with zero attached hydrogens (tertiary/aromatic N) is 1. The maximum atomic E-state index is 13.5. The molecule has 3 aromatic carbocycles. The molecule has 8 nitrogen and oxygen atoms in total. The van der Waals surface area contributed by atoms with E-state index in [1.807, 2.05) is 11.9 Å². The van der Waals surface area contributed by atoms with Gasteiger partial charge in [0.2, 0.25) is 0 Å². The van der Waals surface area contributed by atoms with E-state index in [-0.39, 0.29) is 32.7 Å². The highest BCUT2D eigenvalue weighted by atomic mass is 35.5. The number of carbonyl (C=O) groups is 1. The zero-order valence-corrected chi connectivity index (χ0v) is 21.4. The second-order valence-electron chi connectivity index (χ2n) is 8.63. The van der Waals surface area contributed by atoms with Crippen LogP contribution in [0, 0.1) is 0 Å². The van der Waals surface area contributed by atoms with Crippen LogP contribution >= 0.6 is 11.6 Å². The second-order valence-corrected chi connectivity index (χ2v) is 10.7. The summed E-state index contributed by atoms with van der Waals surface area (Å²) in [6.07, 6.45) is -4.60. The molecule has 1 heterocycles. The fourth-order valence-electron chi connectivity index (χ4n) is 3.83. The molecule has 0 bridgehead atoms. The number of anilines is 1. The molecule has 0 unspecified atom stereocenters. The Morgan fingerprint density at radius 2 is 1.79 bits per heavy atom. The SMILES string of the molecule is CN1CC[C@@H](Oc2cc(NS(=O)(=O)c3ccc(Oc4ccc(C(=O)O)cc4)c(Cl)c3)ccc2C(F)(F)F)C1. The topological polar surface area (TPSA) is 105 Å². The number of ether oxygens (including phenoxy) is 2. The smallest absolute Gasteiger partial charge is 0.419 e. The molecule has 1 fully saturated rings. The summed E-state index contributed by atoms with van der Waals surface area (Å²) in [5.41, 5.74) is -1.06. The summed E-state index contributed by atoms with van der Waals surface area (Å²) in [6, 6.07) is 11.9. The number of benzene rings is 3. The number of alkyl halides is 3. The van der Waals surface area contributed by atoms with Crippen molar-refractivity contribution in [2.75, 3.05) is 24.9 Å². The molecule has 13 heteroatoms. The third-order valence-corrected chi connectivity index (χ3v) is 7.40. The number of sulfonamides is 1. The summed E-state index contributed by atoms with van der Waals surface area (Å²) in [5, 5.41) is 8.92. The Kier molecular flexibility index (Phi) is 7.77. The molecule has 0 radical (unpaired) electrons. The Labute approximate surface area is 221 Å².